The van der Waals surface area contributed by atoms with Crippen molar-refractivity contribution in [1.82, 2.24) is 5.32 Å². The third-order valence-corrected chi connectivity index (χ3v) is 2.64. The Labute approximate surface area is 118 Å². The van der Waals surface area contributed by atoms with E-state index in [4.69, 9.17) is 4.74 Å². The van der Waals surface area contributed by atoms with Crippen LogP contribution in [-0.4, -0.2) is 32.5 Å². The topological polar surface area (TPSA) is 79.5 Å². The zero-order valence-electron chi connectivity index (χ0n) is 12.1. The van der Waals surface area contributed by atoms with Crippen LogP contribution in [0.4, 0.5) is 11.4 Å². The lowest BCUT2D eigenvalue weighted by atomic mass is 10.2. The molecular weight excluding hydrogens is 258 g/mol. The zero-order chi connectivity index (χ0) is 15.0. The van der Waals surface area contributed by atoms with Gasteiger partial charge >= 0.3 is 0 Å². The van der Waals surface area contributed by atoms with E-state index >= 15 is 0 Å². The van der Waals surface area contributed by atoms with Crippen LogP contribution in [0.5, 0.6) is 5.75 Å². The normalized spacial score (nSPS) is 9.95. The van der Waals surface area contributed by atoms with Gasteiger partial charge in [0.2, 0.25) is 11.8 Å². The predicted octanol–water partition coefficient (Wildman–Crippen LogP) is 1.59. The van der Waals surface area contributed by atoms with E-state index in [-0.39, 0.29) is 11.8 Å². The Balaban J connectivity index is 2.78. The molecular formula is C14H21N3O3. The molecule has 1 aromatic carbocycles. The van der Waals surface area contributed by atoms with Crippen LogP contribution in [0.3, 0.4) is 0 Å². The third-order valence-electron chi connectivity index (χ3n) is 2.64. The maximum Gasteiger partial charge on any atom is 0.224 e. The van der Waals surface area contributed by atoms with Crippen molar-refractivity contribution in [3.8, 4) is 5.75 Å². The molecule has 0 bridgehead atoms. The minimum atomic E-state index is -0.194. The van der Waals surface area contributed by atoms with E-state index in [0.717, 1.165) is 13.0 Å². The molecule has 20 heavy (non-hydrogen) atoms. The number of methoxy groups -OCH3 is 1. The number of benzene rings is 1. The molecule has 0 saturated carbocycles. The van der Waals surface area contributed by atoms with Gasteiger partial charge in [0.15, 0.2) is 0 Å². The van der Waals surface area contributed by atoms with Crippen molar-refractivity contribution in [3.05, 3.63) is 18.2 Å². The third kappa shape index (κ3) is 5.27. The number of amides is 2. The van der Waals surface area contributed by atoms with Gasteiger partial charge in [-0.3, -0.25) is 9.59 Å². The molecule has 6 heteroatoms. The lowest BCUT2D eigenvalue weighted by Crippen LogP contribution is -2.17. The summed E-state index contributed by atoms with van der Waals surface area (Å²) in [6.07, 6.45) is 1.17. The van der Waals surface area contributed by atoms with E-state index in [1.807, 2.05) is 7.05 Å². The van der Waals surface area contributed by atoms with Crippen LogP contribution < -0.4 is 20.7 Å². The van der Waals surface area contributed by atoms with Gasteiger partial charge in [0.1, 0.15) is 5.75 Å². The van der Waals surface area contributed by atoms with Gasteiger partial charge in [0, 0.05) is 19.4 Å². The van der Waals surface area contributed by atoms with E-state index in [1.54, 1.807) is 25.3 Å². The van der Waals surface area contributed by atoms with Gasteiger partial charge in [0.25, 0.3) is 0 Å². The summed E-state index contributed by atoms with van der Waals surface area (Å²) in [5.74, 6) is 0.325. The van der Waals surface area contributed by atoms with Crippen molar-refractivity contribution >= 4 is 23.2 Å². The summed E-state index contributed by atoms with van der Waals surface area (Å²) in [6.45, 7) is 2.20. The Morgan fingerprint density at radius 3 is 2.55 bits per heavy atom. The van der Waals surface area contributed by atoms with E-state index in [0.29, 0.717) is 23.5 Å². The fraction of sp³-hybridized carbons (Fsp3) is 0.429. The quantitative estimate of drug-likeness (QED) is 0.662. The van der Waals surface area contributed by atoms with Gasteiger partial charge in [0.05, 0.1) is 18.5 Å². The number of rotatable bonds is 7. The molecule has 0 saturated heterocycles. The molecule has 0 unspecified atom stereocenters. The number of anilines is 2. The van der Waals surface area contributed by atoms with Crippen LogP contribution in [0.15, 0.2) is 18.2 Å². The van der Waals surface area contributed by atoms with E-state index in [2.05, 4.69) is 16.0 Å². The van der Waals surface area contributed by atoms with Crippen LogP contribution in [-0.2, 0) is 9.59 Å². The standard InChI is InChI=1S/C14H21N3O3/c1-10(18)16-12-7-6-11(20-3)9-13(12)17-14(19)5-4-8-15-2/h6-7,9,15H,4-5,8H2,1-3H3,(H,16,18)(H,17,19). The number of hydrogen-bond acceptors (Lipinski definition) is 4. The lowest BCUT2D eigenvalue weighted by molar-refractivity contribution is -0.116. The molecule has 0 aliphatic carbocycles. The Morgan fingerprint density at radius 1 is 1.20 bits per heavy atom. The summed E-state index contributed by atoms with van der Waals surface area (Å²) >= 11 is 0. The highest BCUT2D eigenvalue weighted by Crippen LogP contribution is 2.27. The van der Waals surface area contributed by atoms with Crippen molar-refractivity contribution in [2.45, 2.75) is 19.8 Å². The summed E-state index contributed by atoms with van der Waals surface area (Å²) in [5, 5.41) is 8.45. The second-order valence-corrected chi connectivity index (χ2v) is 4.35. The second kappa shape index (κ2) is 8.16. The summed E-state index contributed by atoms with van der Waals surface area (Å²) in [5.41, 5.74) is 1.09. The highest BCUT2D eigenvalue weighted by atomic mass is 16.5. The van der Waals surface area contributed by atoms with Crippen LogP contribution in [0, 0.1) is 0 Å². The van der Waals surface area contributed by atoms with Gasteiger partial charge in [-0.1, -0.05) is 0 Å². The Kier molecular flexibility index (Phi) is 6.52. The molecule has 6 nitrogen and oxygen atoms in total. The average Bonchev–Trinajstić information content (AvgIpc) is 2.40. The fourth-order valence-corrected chi connectivity index (χ4v) is 1.69. The van der Waals surface area contributed by atoms with Gasteiger partial charge in [-0.15, -0.1) is 0 Å². The smallest absolute Gasteiger partial charge is 0.224 e. The van der Waals surface area contributed by atoms with Crippen LogP contribution in [0.2, 0.25) is 0 Å². The SMILES string of the molecule is CNCCCC(=O)Nc1cc(OC)ccc1NC(C)=O. The van der Waals surface area contributed by atoms with Crippen molar-refractivity contribution < 1.29 is 14.3 Å². The molecule has 0 atom stereocenters. The maximum atomic E-state index is 11.8. The zero-order valence-corrected chi connectivity index (χ0v) is 12.1. The van der Waals surface area contributed by atoms with E-state index in [9.17, 15) is 9.59 Å². The first-order valence-electron chi connectivity index (χ1n) is 6.47. The summed E-state index contributed by atoms with van der Waals surface area (Å²) < 4.78 is 5.12. The van der Waals surface area contributed by atoms with Gasteiger partial charge < -0.3 is 20.7 Å². The Hall–Kier alpha value is -2.08. The van der Waals surface area contributed by atoms with Crippen molar-refractivity contribution in [2.75, 3.05) is 31.3 Å². The van der Waals surface area contributed by atoms with Crippen molar-refractivity contribution in [3.63, 3.8) is 0 Å². The first-order valence-corrected chi connectivity index (χ1v) is 6.47. The van der Waals surface area contributed by atoms with E-state index in [1.165, 1.54) is 6.92 Å². The maximum absolute atomic E-state index is 11.8. The molecule has 0 aromatic heterocycles. The van der Waals surface area contributed by atoms with Crippen LogP contribution in [0.25, 0.3) is 0 Å². The first-order chi connectivity index (χ1) is 9.56. The number of hydrogen-bond donors (Lipinski definition) is 3. The van der Waals surface area contributed by atoms with Crippen molar-refractivity contribution in [1.29, 1.82) is 0 Å². The molecule has 0 radical (unpaired) electrons. The molecule has 0 spiro atoms. The second-order valence-electron chi connectivity index (χ2n) is 4.35. The fourth-order valence-electron chi connectivity index (χ4n) is 1.69. The summed E-state index contributed by atoms with van der Waals surface area (Å²) in [4.78, 5) is 23.0. The van der Waals surface area contributed by atoms with Gasteiger partial charge in [-0.05, 0) is 32.1 Å². The van der Waals surface area contributed by atoms with Crippen LogP contribution >= 0.6 is 0 Å². The van der Waals surface area contributed by atoms with Gasteiger partial charge in [-0.2, -0.15) is 0 Å². The highest BCUT2D eigenvalue weighted by molar-refractivity contribution is 5.99. The molecule has 1 aromatic rings. The molecule has 0 fully saturated rings. The summed E-state index contributed by atoms with van der Waals surface area (Å²) in [7, 11) is 3.39. The largest absolute Gasteiger partial charge is 0.497 e. The highest BCUT2D eigenvalue weighted by Gasteiger charge is 2.09. The molecule has 110 valence electrons. The number of carbonyl (C=O) groups excluding carboxylic acids is 2. The lowest BCUT2D eigenvalue weighted by Gasteiger charge is -2.13. The Bertz CT molecular complexity index is 475. The van der Waals surface area contributed by atoms with Crippen molar-refractivity contribution in [2.24, 2.45) is 0 Å². The van der Waals surface area contributed by atoms with E-state index < -0.39 is 0 Å². The van der Waals surface area contributed by atoms with Gasteiger partial charge in [-0.25, -0.2) is 0 Å². The molecule has 3 N–H and O–H groups in total. The number of nitrogens with one attached hydrogen (secondary N) is 3. The summed E-state index contributed by atoms with van der Waals surface area (Å²) in [6, 6.07) is 5.10. The number of ether oxygens (including phenoxy) is 1. The van der Waals surface area contributed by atoms with Crippen LogP contribution in [0.1, 0.15) is 19.8 Å². The molecule has 2 amide bonds. The molecule has 0 aliphatic rings. The minimum absolute atomic E-state index is 0.0971. The monoisotopic (exact) mass is 279 g/mol. The Morgan fingerprint density at radius 2 is 1.95 bits per heavy atom. The number of carbonyl (C=O) groups is 2. The molecule has 0 heterocycles. The first kappa shape index (κ1) is 16.0. The predicted molar refractivity (Wildman–Crippen MR) is 79.1 cm³/mol. The average molecular weight is 279 g/mol. The minimum Gasteiger partial charge on any atom is -0.497 e. The molecule has 0 aliphatic heterocycles. The molecule has 1 rings (SSSR count).